The fourth-order valence-corrected chi connectivity index (χ4v) is 3.95. The van der Waals surface area contributed by atoms with Gasteiger partial charge in [0.15, 0.2) is 0 Å². The molecule has 2 aliphatic heterocycles. The molecule has 0 saturated carbocycles. The number of ether oxygens (including phenoxy) is 1. The van der Waals surface area contributed by atoms with Crippen molar-refractivity contribution in [1.29, 1.82) is 0 Å². The van der Waals surface area contributed by atoms with Gasteiger partial charge in [-0.3, -0.25) is 14.5 Å². The summed E-state index contributed by atoms with van der Waals surface area (Å²) in [6.45, 7) is 6.70. The Morgan fingerprint density at radius 1 is 1.26 bits per heavy atom. The van der Waals surface area contributed by atoms with Crippen molar-refractivity contribution in [2.75, 3.05) is 39.9 Å². The van der Waals surface area contributed by atoms with E-state index in [1.165, 1.54) is 11.1 Å². The topological polar surface area (TPSA) is 61.9 Å². The Hall–Kier alpha value is -1.92. The SMILES string of the molecule is COCCN1CC(C(=O)NC2CCN(Cc3ccccc3C)CC2)CC1=O. The van der Waals surface area contributed by atoms with Crippen molar-refractivity contribution in [3.8, 4) is 0 Å². The zero-order valence-corrected chi connectivity index (χ0v) is 16.4. The quantitative estimate of drug-likeness (QED) is 0.788. The Labute approximate surface area is 161 Å². The Kier molecular flexibility index (Phi) is 6.85. The van der Waals surface area contributed by atoms with Gasteiger partial charge in [0.2, 0.25) is 11.8 Å². The average molecular weight is 373 g/mol. The molecule has 2 aliphatic rings. The van der Waals surface area contributed by atoms with Crippen molar-refractivity contribution in [2.24, 2.45) is 5.92 Å². The zero-order chi connectivity index (χ0) is 19.2. The summed E-state index contributed by atoms with van der Waals surface area (Å²) >= 11 is 0. The van der Waals surface area contributed by atoms with Crippen LogP contribution in [0.3, 0.4) is 0 Å². The van der Waals surface area contributed by atoms with E-state index in [2.05, 4.69) is 41.4 Å². The van der Waals surface area contributed by atoms with Gasteiger partial charge in [0.25, 0.3) is 0 Å². The molecule has 0 radical (unpaired) electrons. The van der Waals surface area contributed by atoms with E-state index in [1.807, 2.05) is 0 Å². The lowest BCUT2D eigenvalue weighted by molar-refractivity contribution is -0.129. The van der Waals surface area contributed by atoms with E-state index in [1.54, 1.807) is 12.0 Å². The van der Waals surface area contributed by atoms with Crippen LogP contribution < -0.4 is 5.32 Å². The molecule has 2 amide bonds. The van der Waals surface area contributed by atoms with Crippen LogP contribution in [0, 0.1) is 12.8 Å². The molecule has 1 atom stereocenters. The standard InChI is InChI=1S/C21H31N3O3/c1-16-5-3-4-6-17(16)14-23-9-7-19(8-10-23)22-21(26)18-13-20(25)24(15-18)11-12-27-2/h3-6,18-19H,7-15H2,1-2H3,(H,22,26). The summed E-state index contributed by atoms with van der Waals surface area (Å²) in [5.74, 6) is -0.139. The minimum absolute atomic E-state index is 0.0284. The maximum absolute atomic E-state index is 12.6. The van der Waals surface area contributed by atoms with E-state index in [4.69, 9.17) is 4.74 Å². The summed E-state index contributed by atoms with van der Waals surface area (Å²) in [5, 5.41) is 3.18. The number of nitrogens with one attached hydrogen (secondary N) is 1. The van der Waals surface area contributed by atoms with Crippen molar-refractivity contribution >= 4 is 11.8 Å². The first-order chi connectivity index (χ1) is 13.1. The second-order valence-electron chi connectivity index (χ2n) is 7.72. The van der Waals surface area contributed by atoms with Gasteiger partial charge < -0.3 is 15.0 Å². The van der Waals surface area contributed by atoms with Gasteiger partial charge >= 0.3 is 0 Å². The molecule has 1 aromatic carbocycles. The minimum atomic E-state index is -0.223. The molecule has 0 bridgehead atoms. The highest BCUT2D eigenvalue weighted by molar-refractivity contribution is 5.89. The second-order valence-corrected chi connectivity index (χ2v) is 7.72. The smallest absolute Gasteiger partial charge is 0.225 e. The number of piperidine rings is 1. The highest BCUT2D eigenvalue weighted by Gasteiger charge is 2.35. The number of hydrogen-bond donors (Lipinski definition) is 1. The molecule has 3 rings (SSSR count). The number of nitrogens with zero attached hydrogens (tertiary/aromatic N) is 2. The van der Waals surface area contributed by atoms with Crippen LogP contribution in [-0.4, -0.2) is 67.6 Å². The molecule has 148 valence electrons. The molecule has 2 fully saturated rings. The molecule has 0 aromatic heterocycles. The van der Waals surface area contributed by atoms with Crippen LogP contribution in [0.15, 0.2) is 24.3 Å². The highest BCUT2D eigenvalue weighted by atomic mass is 16.5. The first-order valence-corrected chi connectivity index (χ1v) is 9.90. The monoisotopic (exact) mass is 373 g/mol. The van der Waals surface area contributed by atoms with E-state index >= 15 is 0 Å². The lowest BCUT2D eigenvalue weighted by Crippen LogP contribution is -2.46. The molecule has 0 aliphatic carbocycles. The largest absolute Gasteiger partial charge is 0.383 e. The molecule has 2 heterocycles. The molecule has 0 spiro atoms. The fraction of sp³-hybridized carbons (Fsp3) is 0.619. The van der Waals surface area contributed by atoms with Crippen LogP contribution in [0.1, 0.15) is 30.4 Å². The maximum atomic E-state index is 12.6. The Morgan fingerprint density at radius 3 is 2.70 bits per heavy atom. The van der Waals surface area contributed by atoms with Gasteiger partial charge in [0.05, 0.1) is 12.5 Å². The number of benzene rings is 1. The summed E-state index contributed by atoms with van der Waals surface area (Å²) in [7, 11) is 1.62. The molecular formula is C21H31N3O3. The summed E-state index contributed by atoms with van der Waals surface area (Å²) in [6.07, 6.45) is 2.25. The molecule has 1 aromatic rings. The van der Waals surface area contributed by atoms with Crippen LogP contribution in [0.2, 0.25) is 0 Å². The lowest BCUT2D eigenvalue weighted by Gasteiger charge is -2.33. The highest BCUT2D eigenvalue weighted by Crippen LogP contribution is 2.20. The molecular weight excluding hydrogens is 342 g/mol. The number of likely N-dealkylation sites (tertiary alicyclic amines) is 2. The van der Waals surface area contributed by atoms with Gasteiger partial charge in [-0.25, -0.2) is 0 Å². The van der Waals surface area contributed by atoms with Gasteiger partial charge in [0, 0.05) is 52.3 Å². The first kappa shape index (κ1) is 19.8. The summed E-state index contributed by atoms with van der Waals surface area (Å²) in [4.78, 5) is 28.8. The minimum Gasteiger partial charge on any atom is -0.383 e. The number of methoxy groups -OCH3 is 1. The van der Waals surface area contributed by atoms with Crippen molar-refractivity contribution in [1.82, 2.24) is 15.1 Å². The number of aryl methyl sites for hydroxylation is 1. The molecule has 27 heavy (non-hydrogen) atoms. The van der Waals surface area contributed by atoms with E-state index < -0.39 is 0 Å². The third-order valence-corrected chi connectivity index (χ3v) is 5.74. The average Bonchev–Trinajstić information content (AvgIpc) is 3.04. The number of rotatable bonds is 7. The van der Waals surface area contributed by atoms with Crippen molar-refractivity contribution in [3.63, 3.8) is 0 Å². The Bertz CT molecular complexity index is 656. The zero-order valence-electron chi connectivity index (χ0n) is 16.4. The van der Waals surface area contributed by atoms with E-state index in [0.29, 0.717) is 26.1 Å². The van der Waals surface area contributed by atoms with Gasteiger partial charge in [-0.2, -0.15) is 0 Å². The van der Waals surface area contributed by atoms with Crippen molar-refractivity contribution in [2.45, 2.75) is 38.8 Å². The van der Waals surface area contributed by atoms with E-state index in [-0.39, 0.29) is 23.8 Å². The number of carbonyl (C=O) groups is 2. The van der Waals surface area contributed by atoms with Gasteiger partial charge in [-0.05, 0) is 30.9 Å². The van der Waals surface area contributed by atoms with Gasteiger partial charge in [-0.15, -0.1) is 0 Å². The van der Waals surface area contributed by atoms with Crippen LogP contribution in [0.25, 0.3) is 0 Å². The summed E-state index contributed by atoms with van der Waals surface area (Å²) in [5.41, 5.74) is 2.71. The van der Waals surface area contributed by atoms with Gasteiger partial charge in [0.1, 0.15) is 0 Å². The molecule has 6 heteroatoms. The first-order valence-electron chi connectivity index (χ1n) is 9.90. The maximum Gasteiger partial charge on any atom is 0.225 e. The predicted molar refractivity (Wildman–Crippen MR) is 104 cm³/mol. The van der Waals surface area contributed by atoms with Gasteiger partial charge in [-0.1, -0.05) is 24.3 Å². The fourth-order valence-electron chi connectivity index (χ4n) is 3.95. The normalized spacial score (nSPS) is 21.6. The third-order valence-electron chi connectivity index (χ3n) is 5.74. The van der Waals surface area contributed by atoms with Crippen LogP contribution in [0.4, 0.5) is 0 Å². The van der Waals surface area contributed by atoms with Crippen LogP contribution >= 0.6 is 0 Å². The molecule has 6 nitrogen and oxygen atoms in total. The lowest BCUT2D eigenvalue weighted by atomic mass is 10.0. The van der Waals surface area contributed by atoms with Crippen LogP contribution in [-0.2, 0) is 20.9 Å². The number of carbonyl (C=O) groups excluding carboxylic acids is 2. The van der Waals surface area contributed by atoms with E-state index in [9.17, 15) is 9.59 Å². The second kappa shape index (κ2) is 9.33. The molecule has 2 saturated heterocycles. The molecule has 1 N–H and O–H groups in total. The van der Waals surface area contributed by atoms with Crippen molar-refractivity contribution in [3.05, 3.63) is 35.4 Å². The number of hydrogen-bond acceptors (Lipinski definition) is 4. The Morgan fingerprint density at radius 2 is 2.00 bits per heavy atom. The third kappa shape index (κ3) is 5.30. The summed E-state index contributed by atoms with van der Waals surface area (Å²) < 4.78 is 5.03. The predicted octanol–water partition coefficient (Wildman–Crippen LogP) is 1.57. The summed E-state index contributed by atoms with van der Waals surface area (Å²) in [6, 6.07) is 8.73. The Balaban J connectivity index is 1.42. The number of amides is 2. The van der Waals surface area contributed by atoms with E-state index in [0.717, 1.165) is 32.5 Å². The molecule has 1 unspecified atom stereocenters. The van der Waals surface area contributed by atoms with Crippen LogP contribution in [0.5, 0.6) is 0 Å². The van der Waals surface area contributed by atoms with Crippen molar-refractivity contribution < 1.29 is 14.3 Å².